The highest BCUT2D eigenvalue weighted by atomic mass is 79.9. The molecular formula is C10H7BrF2N2O. The Morgan fingerprint density at radius 2 is 1.88 bits per heavy atom. The van der Waals surface area contributed by atoms with Crippen molar-refractivity contribution in [3.63, 3.8) is 0 Å². The molecule has 0 amide bonds. The number of alkyl halides is 3. The van der Waals surface area contributed by atoms with Gasteiger partial charge in [-0.25, -0.2) is 0 Å². The van der Waals surface area contributed by atoms with Gasteiger partial charge in [0.2, 0.25) is 5.89 Å². The van der Waals surface area contributed by atoms with Gasteiger partial charge in [0.05, 0.1) is 0 Å². The van der Waals surface area contributed by atoms with Gasteiger partial charge >= 0.3 is 6.43 Å². The van der Waals surface area contributed by atoms with Crippen molar-refractivity contribution in [1.82, 2.24) is 10.2 Å². The van der Waals surface area contributed by atoms with Crippen LogP contribution in [0.4, 0.5) is 8.78 Å². The van der Waals surface area contributed by atoms with E-state index in [4.69, 9.17) is 4.42 Å². The monoisotopic (exact) mass is 288 g/mol. The van der Waals surface area contributed by atoms with Gasteiger partial charge in [-0.15, -0.1) is 10.2 Å². The van der Waals surface area contributed by atoms with E-state index in [-0.39, 0.29) is 5.89 Å². The molecule has 16 heavy (non-hydrogen) atoms. The average molecular weight is 289 g/mol. The van der Waals surface area contributed by atoms with Gasteiger partial charge in [0.15, 0.2) is 0 Å². The van der Waals surface area contributed by atoms with Gasteiger partial charge in [0.25, 0.3) is 5.89 Å². The van der Waals surface area contributed by atoms with Gasteiger partial charge < -0.3 is 4.42 Å². The summed E-state index contributed by atoms with van der Waals surface area (Å²) < 4.78 is 29.2. The third-order valence-electron chi connectivity index (χ3n) is 1.98. The van der Waals surface area contributed by atoms with Gasteiger partial charge in [-0.1, -0.05) is 28.1 Å². The van der Waals surface area contributed by atoms with E-state index in [1.54, 1.807) is 12.1 Å². The third-order valence-corrected chi connectivity index (χ3v) is 2.63. The van der Waals surface area contributed by atoms with E-state index in [0.717, 1.165) is 10.9 Å². The van der Waals surface area contributed by atoms with Crippen molar-refractivity contribution in [2.24, 2.45) is 0 Å². The number of halogens is 3. The molecule has 0 saturated heterocycles. The molecule has 0 unspecified atom stereocenters. The van der Waals surface area contributed by atoms with Gasteiger partial charge in [0.1, 0.15) is 0 Å². The second-order valence-corrected chi connectivity index (χ2v) is 3.64. The Balaban J connectivity index is 2.28. The van der Waals surface area contributed by atoms with Crippen LogP contribution in [0.3, 0.4) is 0 Å². The van der Waals surface area contributed by atoms with Crippen molar-refractivity contribution in [1.29, 1.82) is 0 Å². The van der Waals surface area contributed by atoms with E-state index in [2.05, 4.69) is 26.1 Å². The quantitative estimate of drug-likeness (QED) is 0.811. The van der Waals surface area contributed by atoms with E-state index >= 15 is 0 Å². The molecule has 84 valence electrons. The van der Waals surface area contributed by atoms with Crippen LogP contribution in [0.5, 0.6) is 0 Å². The van der Waals surface area contributed by atoms with Crippen LogP contribution in [0.1, 0.15) is 17.9 Å². The second kappa shape index (κ2) is 4.69. The molecule has 0 aliphatic carbocycles. The number of hydrogen-bond donors (Lipinski definition) is 0. The zero-order chi connectivity index (χ0) is 11.5. The van der Waals surface area contributed by atoms with Crippen LogP contribution in [0, 0.1) is 0 Å². The summed E-state index contributed by atoms with van der Waals surface area (Å²) in [5.41, 5.74) is 1.71. The molecule has 1 heterocycles. The summed E-state index contributed by atoms with van der Waals surface area (Å²) in [6.07, 6.45) is -2.73. The first-order valence-electron chi connectivity index (χ1n) is 4.47. The Morgan fingerprint density at radius 3 is 2.38 bits per heavy atom. The molecule has 6 heteroatoms. The molecule has 0 radical (unpaired) electrons. The smallest absolute Gasteiger partial charge is 0.314 e. The lowest BCUT2D eigenvalue weighted by atomic mass is 10.1. The van der Waals surface area contributed by atoms with Crippen LogP contribution < -0.4 is 0 Å². The fourth-order valence-electron chi connectivity index (χ4n) is 1.18. The third kappa shape index (κ3) is 2.27. The van der Waals surface area contributed by atoms with Crippen LogP contribution in [0.2, 0.25) is 0 Å². The first-order chi connectivity index (χ1) is 7.70. The van der Waals surface area contributed by atoms with Gasteiger partial charge in [0, 0.05) is 10.9 Å². The van der Waals surface area contributed by atoms with Crippen LogP contribution in [0.25, 0.3) is 11.5 Å². The number of benzene rings is 1. The van der Waals surface area contributed by atoms with E-state index in [1.807, 2.05) is 12.1 Å². The summed E-state index contributed by atoms with van der Waals surface area (Å²) in [5.74, 6) is -0.545. The topological polar surface area (TPSA) is 38.9 Å². The van der Waals surface area contributed by atoms with E-state index < -0.39 is 12.3 Å². The Bertz CT molecular complexity index is 470. The molecule has 0 spiro atoms. The van der Waals surface area contributed by atoms with Crippen molar-refractivity contribution in [3.05, 3.63) is 35.7 Å². The highest BCUT2D eigenvalue weighted by Gasteiger charge is 2.16. The first-order valence-corrected chi connectivity index (χ1v) is 5.59. The maximum absolute atomic E-state index is 12.2. The summed E-state index contributed by atoms with van der Waals surface area (Å²) >= 11 is 3.31. The SMILES string of the molecule is FC(F)c1nnc(-c2ccc(CBr)cc2)o1. The Morgan fingerprint density at radius 1 is 1.19 bits per heavy atom. The van der Waals surface area contributed by atoms with Crippen LogP contribution in [-0.2, 0) is 5.33 Å². The zero-order valence-electron chi connectivity index (χ0n) is 8.03. The molecule has 2 rings (SSSR count). The van der Waals surface area contributed by atoms with Gasteiger partial charge in [-0.3, -0.25) is 0 Å². The lowest BCUT2D eigenvalue weighted by Gasteiger charge is -1.96. The minimum absolute atomic E-state index is 0.108. The molecule has 0 atom stereocenters. The normalized spacial score (nSPS) is 11.0. The summed E-state index contributed by atoms with van der Waals surface area (Å²) in [5, 5.41) is 7.55. The minimum Gasteiger partial charge on any atom is -0.415 e. The second-order valence-electron chi connectivity index (χ2n) is 3.08. The number of rotatable bonds is 3. The standard InChI is InChI=1S/C10H7BrF2N2O/c11-5-6-1-3-7(4-2-6)9-14-15-10(16-9)8(12)13/h1-4,8H,5H2. The van der Waals surface area contributed by atoms with Crippen LogP contribution in [0.15, 0.2) is 28.7 Å². The maximum atomic E-state index is 12.2. The van der Waals surface area contributed by atoms with Crippen molar-refractivity contribution < 1.29 is 13.2 Å². The fourth-order valence-corrected chi connectivity index (χ4v) is 1.55. The first kappa shape index (κ1) is 11.2. The summed E-state index contributed by atoms with van der Waals surface area (Å²) in [6.45, 7) is 0. The molecule has 1 aromatic carbocycles. The summed E-state index contributed by atoms with van der Waals surface area (Å²) in [4.78, 5) is 0. The Labute approximate surface area is 98.6 Å². The summed E-state index contributed by atoms with van der Waals surface area (Å²) in [6, 6.07) is 7.21. The Kier molecular flexibility index (Phi) is 3.28. The van der Waals surface area contributed by atoms with Gasteiger partial charge in [-0.05, 0) is 17.7 Å². The number of nitrogens with zero attached hydrogens (tertiary/aromatic N) is 2. The molecule has 3 nitrogen and oxygen atoms in total. The molecule has 1 aromatic heterocycles. The molecule has 0 saturated carbocycles. The number of aromatic nitrogens is 2. The van der Waals surface area contributed by atoms with Crippen molar-refractivity contribution in [2.75, 3.05) is 0 Å². The summed E-state index contributed by atoms with van der Waals surface area (Å²) in [7, 11) is 0. The predicted molar refractivity (Wildman–Crippen MR) is 57.3 cm³/mol. The maximum Gasteiger partial charge on any atom is 0.314 e. The Hall–Kier alpha value is -1.30. The average Bonchev–Trinajstić information content (AvgIpc) is 2.78. The van der Waals surface area contributed by atoms with E-state index in [9.17, 15) is 8.78 Å². The zero-order valence-corrected chi connectivity index (χ0v) is 9.62. The van der Waals surface area contributed by atoms with Crippen molar-refractivity contribution >= 4 is 15.9 Å². The lowest BCUT2D eigenvalue weighted by molar-refractivity contribution is 0.116. The minimum atomic E-state index is -2.73. The molecule has 0 aliphatic rings. The van der Waals surface area contributed by atoms with Crippen LogP contribution >= 0.6 is 15.9 Å². The largest absolute Gasteiger partial charge is 0.415 e. The highest BCUT2D eigenvalue weighted by molar-refractivity contribution is 9.08. The number of hydrogen-bond acceptors (Lipinski definition) is 3. The van der Waals surface area contributed by atoms with Crippen molar-refractivity contribution in [3.8, 4) is 11.5 Å². The van der Waals surface area contributed by atoms with E-state index in [0.29, 0.717) is 5.56 Å². The molecular weight excluding hydrogens is 282 g/mol. The molecule has 0 N–H and O–H groups in total. The van der Waals surface area contributed by atoms with Crippen molar-refractivity contribution in [2.45, 2.75) is 11.8 Å². The van der Waals surface area contributed by atoms with E-state index in [1.165, 1.54) is 0 Å². The van der Waals surface area contributed by atoms with Crippen LogP contribution in [-0.4, -0.2) is 10.2 Å². The molecule has 0 aliphatic heterocycles. The molecule has 0 bridgehead atoms. The highest BCUT2D eigenvalue weighted by Crippen LogP contribution is 2.23. The molecule has 2 aromatic rings. The lowest BCUT2D eigenvalue weighted by Crippen LogP contribution is -1.81. The molecule has 0 fully saturated rings. The predicted octanol–water partition coefficient (Wildman–Crippen LogP) is 3.57. The fraction of sp³-hybridized carbons (Fsp3) is 0.200. The van der Waals surface area contributed by atoms with Gasteiger partial charge in [-0.2, -0.15) is 8.78 Å².